The highest BCUT2D eigenvalue weighted by atomic mass is 16.5. The van der Waals surface area contributed by atoms with Crippen LogP contribution in [0.25, 0.3) is 11.4 Å². The van der Waals surface area contributed by atoms with E-state index >= 15 is 0 Å². The molecule has 1 atom stereocenters. The van der Waals surface area contributed by atoms with Crippen molar-refractivity contribution in [2.24, 2.45) is 0 Å². The molecule has 9 heteroatoms. The number of carbonyl (C=O) groups is 2. The van der Waals surface area contributed by atoms with Crippen molar-refractivity contribution in [2.75, 3.05) is 39.4 Å². The van der Waals surface area contributed by atoms with Crippen LogP contribution < -0.4 is 9.47 Å². The Morgan fingerprint density at radius 1 is 1.02 bits per heavy atom. The Labute approximate surface area is 248 Å². The fourth-order valence-corrected chi connectivity index (χ4v) is 5.54. The average Bonchev–Trinajstić information content (AvgIpc) is 3.46. The molecule has 1 aliphatic rings. The van der Waals surface area contributed by atoms with Crippen molar-refractivity contribution in [2.45, 2.75) is 66.8 Å². The molecular weight excluding hydrogens is 532 g/mol. The van der Waals surface area contributed by atoms with Crippen LogP contribution in [0.2, 0.25) is 0 Å². The Morgan fingerprint density at radius 3 is 2.45 bits per heavy atom. The number of ether oxygens (including phenoxy) is 2. The Hall–Kier alpha value is -3.85. The Balaban J connectivity index is 1.84. The number of hydrogen-bond donors (Lipinski definition) is 1. The first-order valence-corrected chi connectivity index (χ1v) is 15.1. The molecular formula is C33H44N4O5. The lowest BCUT2D eigenvalue weighted by atomic mass is 9.96. The third kappa shape index (κ3) is 6.16. The fraction of sp³-hybridized carbons (Fsp3) is 0.485. The van der Waals surface area contributed by atoms with Crippen LogP contribution >= 0.6 is 0 Å². The number of likely N-dealkylation sites (N-methyl/N-ethyl adjacent to an activating group) is 1. The number of benzene rings is 1. The first-order valence-electron chi connectivity index (χ1n) is 15.1. The highest BCUT2D eigenvalue weighted by Gasteiger charge is 2.46. The van der Waals surface area contributed by atoms with E-state index in [1.54, 1.807) is 4.90 Å². The maximum atomic E-state index is 13.7. The van der Waals surface area contributed by atoms with E-state index in [1.807, 2.05) is 61.7 Å². The fourth-order valence-electron chi connectivity index (χ4n) is 5.54. The van der Waals surface area contributed by atoms with Crippen LogP contribution in [0.15, 0.2) is 42.1 Å². The molecule has 9 nitrogen and oxygen atoms in total. The molecule has 2 aromatic heterocycles. The molecule has 0 radical (unpaired) electrons. The van der Waals surface area contributed by atoms with E-state index < -0.39 is 17.7 Å². The molecule has 1 fully saturated rings. The van der Waals surface area contributed by atoms with Gasteiger partial charge in [0.05, 0.1) is 30.5 Å². The number of hydrogen-bond acceptors (Lipinski definition) is 7. The maximum Gasteiger partial charge on any atom is 0.295 e. The number of aryl methyl sites for hydroxylation is 2. The molecule has 1 unspecified atom stereocenters. The van der Waals surface area contributed by atoms with E-state index in [4.69, 9.17) is 14.5 Å². The van der Waals surface area contributed by atoms with Gasteiger partial charge in [-0.2, -0.15) is 0 Å². The number of likely N-dealkylation sites (tertiary alicyclic amines) is 1. The molecule has 1 N–H and O–H groups in total. The van der Waals surface area contributed by atoms with Gasteiger partial charge in [0.1, 0.15) is 11.3 Å². The molecule has 4 rings (SSSR count). The summed E-state index contributed by atoms with van der Waals surface area (Å²) in [4.78, 5) is 35.7. The average molecular weight is 577 g/mol. The Bertz CT molecular complexity index is 1460. The van der Waals surface area contributed by atoms with E-state index in [-0.39, 0.29) is 17.0 Å². The van der Waals surface area contributed by atoms with E-state index in [2.05, 4.69) is 25.7 Å². The molecule has 0 spiro atoms. The number of aliphatic hydroxyl groups is 1. The molecule has 1 amide bonds. The minimum absolute atomic E-state index is 0.0303. The summed E-state index contributed by atoms with van der Waals surface area (Å²) in [5.74, 6) is -0.474. The predicted molar refractivity (Wildman–Crippen MR) is 164 cm³/mol. The zero-order valence-corrected chi connectivity index (χ0v) is 25.8. The number of carbonyl (C=O) groups excluding carboxylic acids is 2. The van der Waals surface area contributed by atoms with E-state index in [1.165, 1.54) is 0 Å². The van der Waals surface area contributed by atoms with Crippen molar-refractivity contribution < 1.29 is 24.2 Å². The van der Waals surface area contributed by atoms with Gasteiger partial charge in [0.2, 0.25) is 0 Å². The number of imidazole rings is 1. The van der Waals surface area contributed by atoms with Crippen LogP contribution in [-0.2, 0) is 9.59 Å². The van der Waals surface area contributed by atoms with Crippen molar-refractivity contribution >= 4 is 23.1 Å². The van der Waals surface area contributed by atoms with Gasteiger partial charge < -0.3 is 28.8 Å². The highest BCUT2D eigenvalue weighted by Crippen LogP contribution is 2.42. The van der Waals surface area contributed by atoms with E-state index in [9.17, 15) is 14.7 Å². The van der Waals surface area contributed by atoms with Gasteiger partial charge in [-0.05, 0) is 69.6 Å². The largest absolute Gasteiger partial charge is 0.505 e. The number of rotatable bonds is 14. The Morgan fingerprint density at radius 2 is 1.79 bits per heavy atom. The van der Waals surface area contributed by atoms with Crippen molar-refractivity contribution in [3.05, 3.63) is 64.6 Å². The van der Waals surface area contributed by atoms with E-state index in [0.717, 1.165) is 37.9 Å². The lowest BCUT2D eigenvalue weighted by Gasteiger charge is -2.28. The van der Waals surface area contributed by atoms with Crippen LogP contribution in [0.5, 0.6) is 11.5 Å². The second-order valence-corrected chi connectivity index (χ2v) is 10.6. The third-order valence-electron chi connectivity index (χ3n) is 7.99. The summed E-state index contributed by atoms with van der Waals surface area (Å²) in [6, 6.07) is 8.56. The van der Waals surface area contributed by atoms with Gasteiger partial charge in [0, 0.05) is 19.3 Å². The third-order valence-corrected chi connectivity index (χ3v) is 7.99. The molecule has 1 aromatic carbocycles. The van der Waals surface area contributed by atoms with E-state index in [0.29, 0.717) is 54.7 Å². The first kappa shape index (κ1) is 31.1. The molecule has 1 aliphatic heterocycles. The number of amides is 1. The van der Waals surface area contributed by atoms with Crippen LogP contribution in [-0.4, -0.2) is 75.4 Å². The topological polar surface area (TPSA) is 96.6 Å². The quantitative estimate of drug-likeness (QED) is 0.114. The molecule has 226 valence electrons. The normalized spacial score (nSPS) is 16.6. The zero-order chi connectivity index (χ0) is 30.4. The maximum absolute atomic E-state index is 13.7. The van der Waals surface area contributed by atoms with Crippen molar-refractivity contribution in [1.29, 1.82) is 0 Å². The number of aromatic nitrogens is 2. The summed E-state index contributed by atoms with van der Waals surface area (Å²) < 4.78 is 13.9. The molecule has 0 bridgehead atoms. The smallest absolute Gasteiger partial charge is 0.295 e. The summed E-state index contributed by atoms with van der Waals surface area (Å²) in [5.41, 5.74) is 3.29. The lowest BCUT2D eigenvalue weighted by molar-refractivity contribution is -0.140. The van der Waals surface area contributed by atoms with Crippen molar-refractivity contribution in [3.8, 4) is 11.5 Å². The number of ketones is 1. The van der Waals surface area contributed by atoms with Crippen molar-refractivity contribution in [3.63, 3.8) is 0 Å². The number of Topliss-reactive ketones (excluding diaryl/α,β-unsaturated/α-hetero) is 1. The summed E-state index contributed by atoms with van der Waals surface area (Å²) in [6.07, 6.45) is 4.98. The standard InChI is InChI=1S/C33H44N4O5/c1-7-11-12-20-42-25-16-15-24(21-26(25)41-10-4)29-27(31(39)33(40)37(29)19-18-35(8-2)9-3)30(38)28-23(6)36-17-13-14-22(5)32(36)34-28/h13-17,21,29,38H,7-12,18-20H2,1-6H3. The molecule has 3 heterocycles. The van der Waals surface area contributed by atoms with Gasteiger partial charge in [0.15, 0.2) is 17.3 Å². The number of aliphatic hydroxyl groups excluding tert-OH is 1. The summed E-state index contributed by atoms with van der Waals surface area (Å²) in [5, 5.41) is 11.7. The zero-order valence-electron chi connectivity index (χ0n) is 25.8. The molecule has 0 aliphatic carbocycles. The Kier molecular flexibility index (Phi) is 10.3. The second-order valence-electron chi connectivity index (χ2n) is 10.6. The van der Waals surface area contributed by atoms with Gasteiger partial charge in [-0.3, -0.25) is 9.59 Å². The van der Waals surface area contributed by atoms with Gasteiger partial charge in [-0.15, -0.1) is 0 Å². The minimum Gasteiger partial charge on any atom is -0.505 e. The van der Waals surface area contributed by atoms with Crippen molar-refractivity contribution in [1.82, 2.24) is 19.2 Å². The number of nitrogens with zero attached hydrogens (tertiary/aromatic N) is 4. The summed E-state index contributed by atoms with van der Waals surface area (Å²) >= 11 is 0. The molecule has 1 saturated heterocycles. The van der Waals surface area contributed by atoms with Crippen LogP contribution in [0, 0.1) is 13.8 Å². The monoisotopic (exact) mass is 576 g/mol. The van der Waals surface area contributed by atoms with Gasteiger partial charge >= 0.3 is 0 Å². The second kappa shape index (κ2) is 13.9. The SMILES string of the molecule is CCCCCOc1ccc(C2C(=C(O)c3nc4c(C)cccn4c3C)C(=O)C(=O)N2CCN(CC)CC)cc1OCC. The van der Waals surface area contributed by atoms with Gasteiger partial charge in [0.25, 0.3) is 11.7 Å². The lowest BCUT2D eigenvalue weighted by Crippen LogP contribution is -2.38. The molecule has 42 heavy (non-hydrogen) atoms. The van der Waals surface area contributed by atoms with Crippen LogP contribution in [0.3, 0.4) is 0 Å². The predicted octanol–water partition coefficient (Wildman–Crippen LogP) is 5.68. The van der Waals surface area contributed by atoms with Gasteiger partial charge in [-0.1, -0.05) is 45.7 Å². The van der Waals surface area contributed by atoms with Gasteiger partial charge in [-0.25, -0.2) is 4.98 Å². The summed E-state index contributed by atoms with van der Waals surface area (Å²) in [6.45, 7) is 15.5. The molecule has 0 saturated carbocycles. The first-order chi connectivity index (χ1) is 20.3. The van der Waals surface area contributed by atoms with Crippen LogP contribution in [0.1, 0.15) is 75.5 Å². The number of pyridine rings is 1. The summed E-state index contributed by atoms with van der Waals surface area (Å²) in [7, 11) is 0. The minimum atomic E-state index is -0.806. The number of unbranched alkanes of at least 4 members (excludes halogenated alkanes) is 2. The van der Waals surface area contributed by atoms with Crippen LogP contribution in [0.4, 0.5) is 0 Å². The molecule has 3 aromatic rings. The highest BCUT2D eigenvalue weighted by molar-refractivity contribution is 6.46. The number of fused-ring (bicyclic) bond motifs is 1.